The minimum atomic E-state index is -0.0835. The van der Waals surface area contributed by atoms with E-state index in [2.05, 4.69) is 60.7 Å². The van der Waals surface area contributed by atoms with Gasteiger partial charge in [0.15, 0.2) is 0 Å². The van der Waals surface area contributed by atoms with Gasteiger partial charge in [0.05, 0.1) is 6.04 Å². The topological polar surface area (TPSA) is 26.0 Å². The third kappa shape index (κ3) is 2.63. The van der Waals surface area contributed by atoms with E-state index in [1.807, 2.05) is 24.3 Å². The fraction of sp³-hybridized carbons (Fsp3) is 0.0526. The fourth-order valence-corrected chi connectivity index (χ4v) is 2.40. The van der Waals surface area contributed by atoms with Gasteiger partial charge < -0.3 is 5.73 Å². The highest BCUT2D eigenvalue weighted by atomic mass is 14.6. The van der Waals surface area contributed by atoms with Crippen LogP contribution in [0.1, 0.15) is 17.2 Å². The molecule has 2 N–H and O–H groups in total. The number of hydrogen-bond donors (Lipinski definition) is 1. The minimum absolute atomic E-state index is 0.0835. The Morgan fingerprint density at radius 2 is 1.10 bits per heavy atom. The molecule has 0 spiro atoms. The van der Waals surface area contributed by atoms with Crippen molar-refractivity contribution in [2.24, 2.45) is 5.73 Å². The summed E-state index contributed by atoms with van der Waals surface area (Å²) < 4.78 is 0. The van der Waals surface area contributed by atoms with E-state index < -0.39 is 0 Å². The minimum Gasteiger partial charge on any atom is -0.320 e. The van der Waals surface area contributed by atoms with Crippen molar-refractivity contribution in [3.05, 3.63) is 96.1 Å². The summed E-state index contributed by atoms with van der Waals surface area (Å²) in [6, 6.07) is 28.9. The molecule has 1 nitrogen and oxygen atoms in total. The van der Waals surface area contributed by atoms with E-state index in [0.29, 0.717) is 0 Å². The van der Waals surface area contributed by atoms with Crippen LogP contribution in [0, 0.1) is 0 Å². The molecule has 0 heterocycles. The van der Waals surface area contributed by atoms with Crippen LogP contribution >= 0.6 is 0 Å². The van der Waals surface area contributed by atoms with Gasteiger partial charge in [-0.25, -0.2) is 0 Å². The first kappa shape index (κ1) is 12.6. The zero-order chi connectivity index (χ0) is 13.8. The van der Waals surface area contributed by atoms with Gasteiger partial charge in [-0.3, -0.25) is 0 Å². The first-order valence-corrected chi connectivity index (χ1v) is 6.80. The van der Waals surface area contributed by atoms with Gasteiger partial charge in [0.1, 0.15) is 0 Å². The number of hydrogen-bond acceptors (Lipinski definition) is 1. The van der Waals surface area contributed by atoms with Crippen LogP contribution in [0.15, 0.2) is 84.9 Å². The second kappa shape index (κ2) is 5.72. The Bertz CT molecular complexity index is 674. The third-order valence-electron chi connectivity index (χ3n) is 3.51. The largest absolute Gasteiger partial charge is 0.320 e. The Kier molecular flexibility index (Phi) is 3.62. The monoisotopic (exact) mass is 259 g/mol. The predicted molar refractivity (Wildman–Crippen MR) is 84.4 cm³/mol. The molecular weight excluding hydrogens is 242 g/mol. The molecule has 0 amide bonds. The molecule has 0 saturated carbocycles. The summed E-state index contributed by atoms with van der Waals surface area (Å²) in [6.45, 7) is 0. The van der Waals surface area contributed by atoms with Crippen molar-refractivity contribution in [2.45, 2.75) is 6.04 Å². The number of rotatable bonds is 3. The van der Waals surface area contributed by atoms with Gasteiger partial charge in [0, 0.05) is 0 Å². The van der Waals surface area contributed by atoms with Gasteiger partial charge in [-0.05, 0) is 28.3 Å². The van der Waals surface area contributed by atoms with Crippen LogP contribution in [0.5, 0.6) is 0 Å². The lowest BCUT2D eigenvalue weighted by atomic mass is 9.96. The molecule has 0 aliphatic carbocycles. The maximum atomic E-state index is 6.36. The number of benzene rings is 3. The fourth-order valence-electron chi connectivity index (χ4n) is 2.40. The van der Waals surface area contributed by atoms with E-state index >= 15 is 0 Å². The highest BCUT2D eigenvalue weighted by molar-refractivity contribution is 5.64. The quantitative estimate of drug-likeness (QED) is 0.741. The average molecular weight is 259 g/mol. The van der Waals surface area contributed by atoms with Crippen LogP contribution in [0.4, 0.5) is 0 Å². The van der Waals surface area contributed by atoms with Crippen molar-refractivity contribution >= 4 is 0 Å². The summed E-state index contributed by atoms with van der Waals surface area (Å²) >= 11 is 0. The first-order valence-electron chi connectivity index (χ1n) is 6.80. The van der Waals surface area contributed by atoms with Gasteiger partial charge in [-0.2, -0.15) is 0 Å². The summed E-state index contributed by atoms with van der Waals surface area (Å²) in [6.07, 6.45) is 0. The molecule has 0 aromatic heterocycles. The summed E-state index contributed by atoms with van der Waals surface area (Å²) in [5.74, 6) is 0. The van der Waals surface area contributed by atoms with E-state index in [9.17, 15) is 0 Å². The molecule has 3 rings (SSSR count). The van der Waals surface area contributed by atoms with Crippen LogP contribution in [0.2, 0.25) is 0 Å². The lowest BCUT2D eigenvalue weighted by Crippen LogP contribution is -2.11. The molecule has 3 aromatic carbocycles. The number of nitrogens with two attached hydrogens (primary N) is 1. The average Bonchev–Trinajstić information content (AvgIpc) is 2.56. The van der Waals surface area contributed by atoms with Crippen LogP contribution in [0.3, 0.4) is 0 Å². The van der Waals surface area contributed by atoms with Gasteiger partial charge in [-0.1, -0.05) is 78.9 Å². The zero-order valence-corrected chi connectivity index (χ0v) is 11.2. The molecule has 20 heavy (non-hydrogen) atoms. The molecule has 0 bridgehead atoms. The lowest BCUT2D eigenvalue weighted by Gasteiger charge is -2.14. The molecule has 0 saturated heterocycles. The molecule has 0 aliphatic heterocycles. The zero-order valence-electron chi connectivity index (χ0n) is 11.2. The highest BCUT2D eigenvalue weighted by Crippen LogP contribution is 2.25. The van der Waals surface area contributed by atoms with Gasteiger partial charge >= 0.3 is 0 Å². The Hall–Kier alpha value is -2.38. The van der Waals surface area contributed by atoms with E-state index in [1.165, 1.54) is 11.1 Å². The highest BCUT2D eigenvalue weighted by Gasteiger charge is 2.09. The molecular formula is C19H17N. The van der Waals surface area contributed by atoms with Crippen LogP contribution in [0.25, 0.3) is 11.1 Å². The molecule has 0 unspecified atom stereocenters. The van der Waals surface area contributed by atoms with Crippen molar-refractivity contribution in [1.29, 1.82) is 0 Å². The van der Waals surface area contributed by atoms with Crippen LogP contribution < -0.4 is 5.73 Å². The van der Waals surface area contributed by atoms with E-state index in [0.717, 1.165) is 11.1 Å². The first-order chi connectivity index (χ1) is 9.84. The normalized spacial score (nSPS) is 12.1. The summed E-state index contributed by atoms with van der Waals surface area (Å²) in [5.41, 5.74) is 11.1. The van der Waals surface area contributed by atoms with E-state index in [4.69, 9.17) is 5.73 Å². The van der Waals surface area contributed by atoms with Crippen molar-refractivity contribution < 1.29 is 0 Å². The van der Waals surface area contributed by atoms with Gasteiger partial charge in [0.2, 0.25) is 0 Å². The van der Waals surface area contributed by atoms with Gasteiger partial charge in [-0.15, -0.1) is 0 Å². The molecule has 1 heteroatoms. The third-order valence-corrected chi connectivity index (χ3v) is 3.51. The summed E-state index contributed by atoms with van der Waals surface area (Å²) in [7, 11) is 0. The van der Waals surface area contributed by atoms with Crippen molar-refractivity contribution in [1.82, 2.24) is 0 Å². The molecule has 1 atom stereocenters. The molecule has 98 valence electrons. The Labute approximate surface area is 119 Å². The standard InChI is InChI=1S/C19H17N/c20-19(16-10-5-2-6-11-16)18-13-7-12-17(14-18)15-8-3-1-4-9-15/h1-14,19H,20H2/t19-/m0/s1. The maximum absolute atomic E-state index is 6.36. The van der Waals surface area contributed by atoms with Crippen LogP contribution in [-0.4, -0.2) is 0 Å². The van der Waals surface area contributed by atoms with Gasteiger partial charge in [0.25, 0.3) is 0 Å². The lowest BCUT2D eigenvalue weighted by molar-refractivity contribution is 0.872. The maximum Gasteiger partial charge on any atom is 0.0551 e. The van der Waals surface area contributed by atoms with Crippen molar-refractivity contribution in [3.63, 3.8) is 0 Å². The molecule has 0 radical (unpaired) electrons. The van der Waals surface area contributed by atoms with E-state index in [1.54, 1.807) is 0 Å². The van der Waals surface area contributed by atoms with Crippen molar-refractivity contribution in [2.75, 3.05) is 0 Å². The van der Waals surface area contributed by atoms with E-state index in [-0.39, 0.29) is 6.04 Å². The SMILES string of the molecule is N[C@@H](c1ccccc1)c1cccc(-c2ccccc2)c1. The smallest absolute Gasteiger partial charge is 0.0551 e. The Morgan fingerprint density at radius 1 is 0.550 bits per heavy atom. The second-order valence-corrected chi connectivity index (χ2v) is 4.88. The summed E-state index contributed by atoms with van der Waals surface area (Å²) in [5, 5.41) is 0. The Morgan fingerprint density at radius 3 is 1.80 bits per heavy atom. The molecule has 0 fully saturated rings. The second-order valence-electron chi connectivity index (χ2n) is 4.88. The Balaban J connectivity index is 1.96. The predicted octanol–water partition coefficient (Wildman–Crippen LogP) is 4.40. The van der Waals surface area contributed by atoms with Crippen molar-refractivity contribution in [3.8, 4) is 11.1 Å². The van der Waals surface area contributed by atoms with Crippen LogP contribution in [-0.2, 0) is 0 Å². The molecule has 0 aliphatic rings. The summed E-state index contributed by atoms with van der Waals surface area (Å²) in [4.78, 5) is 0. The molecule has 3 aromatic rings.